The molecule has 0 aliphatic carbocycles. The molecule has 0 aliphatic rings. The first kappa shape index (κ1) is 16.3. The minimum atomic E-state index is -3.86. The molecule has 9 heteroatoms. The summed E-state index contributed by atoms with van der Waals surface area (Å²) in [5.74, 6) is -1.17. The predicted octanol–water partition coefficient (Wildman–Crippen LogP) is 3.97. The number of thiophene rings is 1. The third kappa shape index (κ3) is 3.57. The SMILES string of the molecule is Cc1cc(Br)c(NS(=O)(=O)c2ccc(C(=O)O)s2)cc1Cl. The molecular weight excluding hydrogens is 402 g/mol. The number of nitrogens with one attached hydrogen (secondary N) is 1. The molecule has 2 N–H and O–H groups in total. The number of halogens is 2. The zero-order valence-corrected chi connectivity index (χ0v) is 14.5. The van der Waals surface area contributed by atoms with Crippen LogP contribution in [0.25, 0.3) is 0 Å². The predicted molar refractivity (Wildman–Crippen MR) is 86.0 cm³/mol. The Kier molecular flexibility index (Phi) is 4.62. The lowest BCUT2D eigenvalue weighted by atomic mass is 10.2. The highest BCUT2D eigenvalue weighted by molar-refractivity contribution is 9.10. The topological polar surface area (TPSA) is 83.5 Å². The normalized spacial score (nSPS) is 11.4. The molecule has 0 radical (unpaired) electrons. The third-order valence-corrected chi connectivity index (χ3v) is 6.54. The average molecular weight is 411 g/mol. The van der Waals surface area contributed by atoms with Crippen molar-refractivity contribution >= 4 is 60.5 Å². The van der Waals surface area contributed by atoms with Gasteiger partial charge in [-0.25, -0.2) is 13.2 Å². The van der Waals surface area contributed by atoms with E-state index in [4.69, 9.17) is 16.7 Å². The van der Waals surface area contributed by atoms with Crippen LogP contribution in [-0.2, 0) is 10.0 Å². The summed E-state index contributed by atoms with van der Waals surface area (Å²) < 4.78 is 27.3. The average Bonchev–Trinajstić information content (AvgIpc) is 2.86. The fourth-order valence-corrected chi connectivity index (χ4v) is 4.57. The monoisotopic (exact) mass is 409 g/mol. The van der Waals surface area contributed by atoms with Crippen molar-refractivity contribution in [3.63, 3.8) is 0 Å². The van der Waals surface area contributed by atoms with Gasteiger partial charge in [-0.1, -0.05) is 11.6 Å². The maximum absolute atomic E-state index is 12.2. The number of carboxylic acids is 1. The van der Waals surface area contributed by atoms with E-state index in [0.717, 1.165) is 5.56 Å². The van der Waals surface area contributed by atoms with Gasteiger partial charge < -0.3 is 5.11 Å². The van der Waals surface area contributed by atoms with Gasteiger partial charge in [0.25, 0.3) is 10.0 Å². The minimum absolute atomic E-state index is 0.0450. The van der Waals surface area contributed by atoms with Crippen molar-refractivity contribution in [3.05, 3.63) is 44.2 Å². The lowest BCUT2D eigenvalue weighted by Gasteiger charge is -2.10. The van der Waals surface area contributed by atoms with Gasteiger partial charge in [-0.3, -0.25) is 4.72 Å². The van der Waals surface area contributed by atoms with Crippen LogP contribution >= 0.6 is 38.9 Å². The largest absolute Gasteiger partial charge is 0.477 e. The summed E-state index contributed by atoms with van der Waals surface area (Å²) in [6.07, 6.45) is 0. The summed E-state index contributed by atoms with van der Waals surface area (Å²) in [7, 11) is -3.86. The summed E-state index contributed by atoms with van der Waals surface area (Å²) in [6.45, 7) is 1.80. The van der Waals surface area contributed by atoms with Gasteiger partial charge in [-0.05, 0) is 52.7 Å². The summed E-state index contributed by atoms with van der Waals surface area (Å²) in [5.41, 5.74) is 1.09. The van der Waals surface area contributed by atoms with E-state index in [1.165, 1.54) is 18.2 Å². The Bertz CT molecular complexity index is 817. The second-order valence-corrected chi connectivity index (χ2v) is 8.37. The molecule has 2 rings (SSSR count). The van der Waals surface area contributed by atoms with Crippen molar-refractivity contribution in [2.24, 2.45) is 0 Å². The highest BCUT2D eigenvalue weighted by atomic mass is 79.9. The molecular formula is C12H9BrClNO4S2. The maximum Gasteiger partial charge on any atom is 0.345 e. The molecule has 0 fully saturated rings. The first-order valence-electron chi connectivity index (χ1n) is 5.52. The minimum Gasteiger partial charge on any atom is -0.477 e. The quantitative estimate of drug-likeness (QED) is 0.799. The van der Waals surface area contributed by atoms with Gasteiger partial charge in [0.15, 0.2) is 0 Å². The molecule has 0 amide bonds. The number of sulfonamides is 1. The molecule has 1 aromatic heterocycles. The maximum atomic E-state index is 12.2. The molecule has 1 aromatic carbocycles. The van der Waals surface area contributed by atoms with Crippen LogP contribution in [0.5, 0.6) is 0 Å². The van der Waals surface area contributed by atoms with E-state index < -0.39 is 16.0 Å². The number of rotatable bonds is 4. The zero-order valence-electron chi connectivity index (χ0n) is 10.6. The number of benzene rings is 1. The number of aryl methyl sites for hydroxylation is 1. The Balaban J connectivity index is 2.37. The van der Waals surface area contributed by atoms with Gasteiger partial charge in [0.05, 0.1) is 5.69 Å². The molecule has 1 heterocycles. The Labute approximate surface area is 138 Å². The molecule has 0 saturated carbocycles. The van der Waals surface area contributed by atoms with Gasteiger partial charge in [0.2, 0.25) is 0 Å². The standard InChI is InChI=1S/C12H9BrClNO4S2/c1-6-4-7(13)9(5-8(6)14)15-21(18,19)11-3-2-10(20-11)12(16)17/h2-5,15H,1H3,(H,16,17). The number of anilines is 1. The van der Waals surface area contributed by atoms with Gasteiger partial charge in [0, 0.05) is 9.50 Å². The van der Waals surface area contributed by atoms with Crippen LogP contribution in [0.2, 0.25) is 5.02 Å². The Hall–Kier alpha value is -1.09. The van der Waals surface area contributed by atoms with Crippen LogP contribution in [0.3, 0.4) is 0 Å². The van der Waals surface area contributed by atoms with E-state index in [1.54, 1.807) is 13.0 Å². The Morgan fingerprint density at radius 2 is 2.05 bits per heavy atom. The van der Waals surface area contributed by atoms with E-state index in [-0.39, 0.29) is 14.8 Å². The fraction of sp³-hybridized carbons (Fsp3) is 0.0833. The van der Waals surface area contributed by atoms with Crippen LogP contribution in [0, 0.1) is 6.92 Å². The highest BCUT2D eigenvalue weighted by Gasteiger charge is 2.20. The zero-order chi connectivity index (χ0) is 15.8. The van der Waals surface area contributed by atoms with Crippen molar-refractivity contribution in [2.45, 2.75) is 11.1 Å². The van der Waals surface area contributed by atoms with Crippen molar-refractivity contribution in [1.29, 1.82) is 0 Å². The summed E-state index contributed by atoms with van der Waals surface area (Å²) in [5, 5.41) is 9.26. The molecule has 2 aromatic rings. The summed E-state index contributed by atoms with van der Waals surface area (Å²) in [4.78, 5) is 10.8. The first-order chi connectivity index (χ1) is 9.70. The molecule has 0 atom stereocenters. The third-order valence-electron chi connectivity index (χ3n) is 2.55. The molecule has 5 nitrogen and oxygen atoms in total. The molecule has 0 saturated heterocycles. The Morgan fingerprint density at radius 3 is 2.62 bits per heavy atom. The smallest absolute Gasteiger partial charge is 0.345 e. The van der Waals surface area contributed by atoms with Crippen LogP contribution in [0.4, 0.5) is 5.69 Å². The molecule has 0 spiro atoms. The second kappa shape index (κ2) is 5.96. The molecule has 0 unspecified atom stereocenters. The first-order valence-corrected chi connectivity index (χ1v) is 8.99. The number of carbonyl (C=O) groups is 1. The number of hydrogen-bond acceptors (Lipinski definition) is 4. The molecule has 21 heavy (non-hydrogen) atoms. The van der Waals surface area contributed by atoms with E-state index in [2.05, 4.69) is 20.7 Å². The second-order valence-electron chi connectivity index (χ2n) is 4.11. The number of aromatic carboxylic acids is 1. The van der Waals surface area contributed by atoms with Gasteiger partial charge in [0.1, 0.15) is 9.09 Å². The van der Waals surface area contributed by atoms with Crippen LogP contribution in [0.1, 0.15) is 15.2 Å². The van der Waals surface area contributed by atoms with Crippen LogP contribution < -0.4 is 4.72 Å². The van der Waals surface area contributed by atoms with Crippen molar-refractivity contribution in [2.75, 3.05) is 4.72 Å². The van der Waals surface area contributed by atoms with Crippen molar-refractivity contribution < 1.29 is 18.3 Å². The van der Waals surface area contributed by atoms with Crippen LogP contribution in [0.15, 0.2) is 32.9 Å². The summed E-state index contributed by atoms with van der Waals surface area (Å²) in [6, 6.07) is 5.68. The van der Waals surface area contributed by atoms with E-state index in [1.807, 2.05) is 0 Å². The summed E-state index contributed by atoms with van der Waals surface area (Å²) >= 11 is 9.92. The van der Waals surface area contributed by atoms with E-state index in [0.29, 0.717) is 20.8 Å². The van der Waals surface area contributed by atoms with Gasteiger partial charge in [-0.15, -0.1) is 11.3 Å². The van der Waals surface area contributed by atoms with Crippen molar-refractivity contribution in [3.8, 4) is 0 Å². The lowest BCUT2D eigenvalue weighted by molar-refractivity contribution is 0.0702. The van der Waals surface area contributed by atoms with Crippen molar-refractivity contribution in [1.82, 2.24) is 0 Å². The molecule has 0 aliphatic heterocycles. The van der Waals surface area contributed by atoms with Gasteiger partial charge in [-0.2, -0.15) is 0 Å². The number of carboxylic acid groups (broad SMARTS) is 1. The number of hydrogen-bond donors (Lipinski definition) is 2. The van der Waals surface area contributed by atoms with E-state index >= 15 is 0 Å². The molecule has 112 valence electrons. The highest BCUT2D eigenvalue weighted by Crippen LogP contribution is 2.32. The molecule has 0 bridgehead atoms. The lowest BCUT2D eigenvalue weighted by Crippen LogP contribution is -2.12. The Morgan fingerprint density at radius 1 is 1.38 bits per heavy atom. The van der Waals surface area contributed by atoms with Crippen LogP contribution in [-0.4, -0.2) is 19.5 Å². The van der Waals surface area contributed by atoms with E-state index in [9.17, 15) is 13.2 Å². The fourth-order valence-electron chi connectivity index (χ4n) is 1.50. The van der Waals surface area contributed by atoms with Gasteiger partial charge >= 0.3 is 5.97 Å².